The molecular weight excluding hydrogens is 360 g/mol. The second-order valence-electron chi connectivity index (χ2n) is 9.87. The van der Waals surface area contributed by atoms with Crippen LogP contribution in [0.2, 0.25) is 0 Å². The zero-order valence-corrected chi connectivity index (χ0v) is 19.1. The Balaban J connectivity index is 2.69. The van der Waals surface area contributed by atoms with Gasteiger partial charge in [-0.15, -0.1) is 0 Å². The fourth-order valence-corrected chi connectivity index (χ4v) is 3.83. The van der Waals surface area contributed by atoms with Crippen molar-refractivity contribution < 1.29 is 14.6 Å². The third-order valence-electron chi connectivity index (χ3n) is 5.09. The van der Waals surface area contributed by atoms with Crippen molar-refractivity contribution in [2.75, 3.05) is 0 Å². The normalized spacial score (nSPS) is 12.0. The Morgan fingerprint density at radius 2 is 1.66 bits per heavy atom. The van der Waals surface area contributed by atoms with Crippen LogP contribution in [0.5, 0.6) is 11.5 Å². The number of aryl methyl sites for hydroxylation is 2. The summed E-state index contributed by atoms with van der Waals surface area (Å²) in [5.74, 6) is 0.395. The SMILES string of the molecule is C=CC(=O)Oc1c(Cc2ccc(C)c(C(C)(C)C)c2O)cc(C)cc1C(C)(C)C. The Kier molecular flexibility index (Phi) is 6.32. The maximum Gasteiger partial charge on any atom is 0.335 e. The van der Waals surface area contributed by atoms with Crippen molar-refractivity contribution in [3.8, 4) is 11.5 Å². The predicted molar refractivity (Wildman–Crippen MR) is 120 cm³/mol. The van der Waals surface area contributed by atoms with Gasteiger partial charge in [0, 0.05) is 23.6 Å². The molecule has 2 aromatic rings. The molecule has 0 bridgehead atoms. The molecule has 0 saturated heterocycles. The molecule has 0 aliphatic heterocycles. The molecule has 0 saturated carbocycles. The van der Waals surface area contributed by atoms with Crippen molar-refractivity contribution in [3.63, 3.8) is 0 Å². The lowest BCUT2D eigenvalue weighted by Crippen LogP contribution is -2.18. The second-order valence-corrected chi connectivity index (χ2v) is 9.87. The largest absolute Gasteiger partial charge is 0.507 e. The number of ether oxygens (including phenoxy) is 1. The Morgan fingerprint density at radius 1 is 1.03 bits per heavy atom. The van der Waals surface area contributed by atoms with Crippen molar-refractivity contribution in [1.82, 2.24) is 0 Å². The van der Waals surface area contributed by atoms with Gasteiger partial charge in [-0.05, 0) is 41.4 Å². The number of rotatable bonds is 4. The average Bonchev–Trinajstić information content (AvgIpc) is 2.57. The van der Waals surface area contributed by atoms with Crippen LogP contribution in [0.15, 0.2) is 36.9 Å². The minimum atomic E-state index is -0.482. The minimum Gasteiger partial charge on any atom is -0.507 e. The number of carbonyl (C=O) groups excluding carboxylic acids is 1. The highest BCUT2D eigenvalue weighted by atomic mass is 16.5. The van der Waals surface area contributed by atoms with E-state index in [1.807, 2.05) is 32.0 Å². The quantitative estimate of drug-likeness (QED) is 0.377. The fraction of sp³-hybridized carbons (Fsp3) is 0.423. The van der Waals surface area contributed by atoms with E-state index in [2.05, 4.69) is 54.2 Å². The molecule has 2 aromatic carbocycles. The third-order valence-corrected chi connectivity index (χ3v) is 5.09. The number of hydrogen-bond acceptors (Lipinski definition) is 3. The zero-order valence-electron chi connectivity index (χ0n) is 19.1. The summed E-state index contributed by atoms with van der Waals surface area (Å²) in [5.41, 5.74) is 5.39. The van der Waals surface area contributed by atoms with E-state index in [0.29, 0.717) is 17.9 Å². The summed E-state index contributed by atoms with van der Waals surface area (Å²) >= 11 is 0. The van der Waals surface area contributed by atoms with Gasteiger partial charge in [0.1, 0.15) is 11.5 Å². The van der Waals surface area contributed by atoms with E-state index in [4.69, 9.17) is 4.74 Å². The van der Waals surface area contributed by atoms with Gasteiger partial charge in [0.05, 0.1) is 0 Å². The number of benzene rings is 2. The molecule has 29 heavy (non-hydrogen) atoms. The van der Waals surface area contributed by atoms with Gasteiger partial charge in [0.25, 0.3) is 0 Å². The lowest BCUT2D eigenvalue weighted by atomic mass is 9.80. The average molecular weight is 395 g/mol. The van der Waals surface area contributed by atoms with Crippen LogP contribution in [0.4, 0.5) is 0 Å². The molecule has 1 N–H and O–H groups in total. The summed E-state index contributed by atoms with van der Waals surface area (Å²) in [7, 11) is 0. The number of phenols is 1. The van der Waals surface area contributed by atoms with Crippen molar-refractivity contribution in [2.24, 2.45) is 0 Å². The van der Waals surface area contributed by atoms with Crippen molar-refractivity contribution in [2.45, 2.75) is 72.6 Å². The Morgan fingerprint density at radius 3 is 2.17 bits per heavy atom. The first kappa shape index (κ1) is 22.7. The van der Waals surface area contributed by atoms with Crippen molar-refractivity contribution >= 4 is 5.97 Å². The Labute approximate surface area is 175 Å². The monoisotopic (exact) mass is 394 g/mol. The van der Waals surface area contributed by atoms with Gasteiger partial charge in [-0.25, -0.2) is 4.79 Å². The summed E-state index contributed by atoms with van der Waals surface area (Å²) in [6.45, 7) is 20.2. The molecule has 0 fully saturated rings. The van der Waals surface area contributed by atoms with Crippen LogP contribution >= 0.6 is 0 Å². The van der Waals surface area contributed by atoms with E-state index in [1.165, 1.54) is 6.08 Å². The van der Waals surface area contributed by atoms with Crippen molar-refractivity contribution in [1.29, 1.82) is 0 Å². The van der Waals surface area contributed by atoms with Crippen LogP contribution in [0.1, 0.15) is 74.9 Å². The molecule has 0 atom stereocenters. The van der Waals surface area contributed by atoms with Gasteiger partial charge in [-0.1, -0.05) is 78.0 Å². The van der Waals surface area contributed by atoms with E-state index in [9.17, 15) is 9.90 Å². The van der Waals surface area contributed by atoms with Crippen LogP contribution in [0, 0.1) is 13.8 Å². The van der Waals surface area contributed by atoms with Crippen LogP contribution in [0.3, 0.4) is 0 Å². The smallest absolute Gasteiger partial charge is 0.335 e. The minimum absolute atomic E-state index is 0.175. The topological polar surface area (TPSA) is 46.5 Å². The van der Waals surface area contributed by atoms with E-state index in [1.54, 1.807) is 0 Å². The van der Waals surface area contributed by atoms with E-state index in [-0.39, 0.29) is 10.8 Å². The summed E-state index contributed by atoms with van der Waals surface area (Å²) in [4.78, 5) is 12.1. The third kappa shape index (κ3) is 5.09. The molecule has 0 aliphatic rings. The van der Waals surface area contributed by atoms with Gasteiger partial charge < -0.3 is 9.84 Å². The van der Waals surface area contributed by atoms with Gasteiger partial charge >= 0.3 is 5.97 Å². The number of phenolic OH excluding ortho intramolecular Hbond substituents is 1. The molecule has 0 heterocycles. The van der Waals surface area contributed by atoms with E-state index >= 15 is 0 Å². The van der Waals surface area contributed by atoms with Crippen LogP contribution < -0.4 is 4.74 Å². The van der Waals surface area contributed by atoms with Gasteiger partial charge in [0.2, 0.25) is 0 Å². The fourth-order valence-electron chi connectivity index (χ4n) is 3.83. The summed E-state index contributed by atoms with van der Waals surface area (Å²) < 4.78 is 5.70. The number of aromatic hydroxyl groups is 1. The maximum atomic E-state index is 12.1. The lowest BCUT2D eigenvalue weighted by Gasteiger charge is -2.26. The molecule has 3 nitrogen and oxygen atoms in total. The molecule has 0 amide bonds. The highest BCUT2D eigenvalue weighted by Crippen LogP contribution is 2.40. The standard InChI is InChI=1S/C26H34O3/c1-10-21(27)29-24-19(13-16(2)14-20(24)25(4,5)6)15-18-12-11-17(3)22(23(18)28)26(7,8)9/h10-14,28H,1,15H2,2-9H3. The first-order chi connectivity index (χ1) is 13.3. The first-order valence-corrected chi connectivity index (χ1v) is 10.1. The highest BCUT2D eigenvalue weighted by Gasteiger charge is 2.26. The lowest BCUT2D eigenvalue weighted by molar-refractivity contribution is -0.129. The molecular formula is C26H34O3. The summed E-state index contributed by atoms with van der Waals surface area (Å²) in [5, 5.41) is 11.1. The molecule has 0 spiro atoms. The summed E-state index contributed by atoms with van der Waals surface area (Å²) in [6, 6.07) is 8.09. The molecule has 0 unspecified atom stereocenters. The van der Waals surface area contributed by atoms with Gasteiger partial charge in [-0.2, -0.15) is 0 Å². The molecule has 0 radical (unpaired) electrons. The number of esters is 1. The van der Waals surface area contributed by atoms with Crippen molar-refractivity contribution in [3.05, 3.63) is 70.3 Å². The van der Waals surface area contributed by atoms with Crippen LogP contribution in [-0.4, -0.2) is 11.1 Å². The second kappa shape index (κ2) is 8.06. The zero-order chi connectivity index (χ0) is 22.1. The number of carbonyl (C=O) groups is 1. The molecule has 0 aliphatic carbocycles. The number of hydrogen-bond donors (Lipinski definition) is 1. The predicted octanol–water partition coefficient (Wildman–Crippen LogP) is 6.29. The Hall–Kier alpha value is -2.55. The van der Waals surface area contributed by atoms with E-state index in [0.717, 1.165) is 33.4 Å². The molecule has 3 heteroatoms. The first-order valence-electron chi connectivity index (χ1n) is 10.1. The Bertz CT molecular complexity index is 938. The maximum absolute atomic E-state index is 12.1. The molecule has 2 rings (SSSR count). The van der Waals surface area contributed by atoms with Crippen LogP contribution in [0.25, 0.3) is 0 Å². The van der Waals surface area contributed by atoms with Crippen LogP contribution in [-0.2, 0) is 22.0 Å². The van der Waals surface area contributed by atoms with E-state index < -0.39 is 5.97 Å². The summed E-state index contributed by atoms with van der Waals surface area (Å²) in [6.07, 6.45) is 1.65. The highest BCUT2D eigenvalue weighted by molar-refractivity contribution is 5.84. The van der Waals surface area contributed by atoms with Gasteiger partial charge in [0.15, 0.2) is 0 Å². The molecule has 156 valence electrons. The van der Waals surface area contributed by atoms with Gasteiger partial charge in [-0.3, -0.25) is 0 Å². The molecule has 0 aromatic heterocycles.